The van der Waals surface area contributed by atoms with Crippen LogP contribution in [0.25, 0.3) is 0 Å². The van der Waals surface area contributed by atoms with Gasteiger partial charge >= 0.3 is 0 Å². The molecule has 1 N–H and O–H groups in total. The van der Waals surface area contributed by atoms with Crippen LogP contribution in [-0.4, -0.2) is 16.2 Å². The van der Waals surface area contributed by atoms with Crippen molar-refractivity contribution in [1.29, 1.82) is 0 Å². The van der Waals surface area contributed by atoms with Crippen LogP contribution in [0, 0.1) is 5.92 Å². The Morgan fingerprint density at radius 2 is 2.38 bits per heavy atom. The second-order valence-corrected chi connectivity index (χ2v) is 3.90. The maximum absolute atomic E-state index is 9.36. The van der Waals surface area contributed by atoms with Gasteiger partial charge in [0.15, 0.2) is 0 Å². The van der Waals surface area contributed by atoms with E-state index in [0.29, 0.717) is 5.92 Å². The molecule has 0 bridgehead atoms. The fraction of sp³-hybridized carbons (Fsp3) is 0.545. The van der Waals surface area contributed by atoms with E-state index in [-0.39, 0.29) is 6.10 Å². The van der Waals surface area contributed by atoms with Crippen LogP contribution in [0.5, 0.6) is 0 Å². The standard InChI is InChI=1S/C11H15NO/c13-11-4-3-9(7-11)6-10-2-1-5-12-8-10/h1-2,5,8-9,11,13H,3-4,6-7H2. The van der Waals surface area contributed by atoms with Gasteiger partial charge in [0.1, 0.15) is 0 Å². The van der Waals surface area contributed by atoms with Gasteiger partial charge < -0.3 is 5.11 Å². The summed E-state index contributed by atoms with van der Waals surface area (Å²) >= 11 is 0. The molecule has 1 fully saturated rings. The highest BCUT2D eigenvalue weighted by Gasteiger charge is 2.22. The molecule has 1 aliphatic carbocycles. The average Bonchev–Trinajstić information content (AvgIpc) is 2.53. The molecule has 1 aromatic rings. The molecule has 2 rings (SSSR count). The second-order valence-electron chi connectivity index (χ2n) is 3.90. The van der Waals surface area contributed by atoms with Gasteiger partial charge in [-0.05, 0) is 43.2 Å². The highest BCUT2D eigenvalue weighted by Crippen LogP contribution is 2.28. The molecular formula is C11H15NO. The molecule has 1 aromatic heterocycles. The molecule has 2 nitrogen and oxygen atoms in total. The van der Waals surface area contributed by atoms with Crippen LogP contribution in [0.1, 0.15) is 24.8 Å². The monoisotopic (exact) mass is 177 g/mol. The lowest BCUT2D eigenvalue weighted by Gasteiger charge is -2.07. The Kier molecular flexibility index (Phi) is 2.60. The smallest absolute Gasteiger partial charge is 0.0543 e. The summed E-state index contributed by atoms with van der Waals surface area (Å²) in [6, 6.07) is 4.08. The first-order chi connectivity index (χ1) is 6.34. The minimum absolute atomic E-state index is 0.0540. The highest BCUT2D eigenvalue weighted by molar-refractivity contribution is 5.09. The van der Waals surface area contributed by atoms with E-state index < -0.39 is 0 Å². The van der Waals surface area contributed by atoms with Crippen molar-refractivity contribution in [3.05, 3.63) is 30.1 Å². The number of nitrogens with zero attached hydrogens (tertiary/aromatic N) is 1. The fourth-order valence-electron chi connectivity index (χ4n) is 2.09. The summed E-state index contributed by atoms with van der Waals surface area (Å²) in [4.78, 5) is 4.08. The van der Waals surface area contributed by atoms with Crippen LogP contribution in [0.4, 0.5) is 0 Å². The van der Waals surface area contributed by atoms with E-state index in [1.165, 1.54) is 5.56 Å². The van der Waals surface area contributed by atoms with E-state index in [1.807, 2.05) is 12.3 Å². The maximum Gasteiger partial charge on any atom is 0.0543 e. The first-order valence-corrected chi connectivity index (χ1v) is 4.91. The average molecular weight is 177 g/mol. The highest BCUT2D eigenvalue weighted by atomic mass is 16.3. The topological polar surface area (TPSA) is 33.1 Å². The predicted octanol–water partition coefficient (Wildman–Crippen LogP) is 1.79. The predicted molar refractivity (Wildman–Crippen MR) is 51.3 cm³/mol. The van der Waals surface area contributed by atoms with Crippen molar-refractivity contribution >= 4 is 0 Å². The minimum Gasteiger partial charge on any atom is -0.393 e. The first-order valence-electron chi connectivity index (χ1n) is 4.91. The number of aliphatic hydroxyl groups is 1. The van der Waals surface area contributed by atoms with Crippen molar-refractivity contribution in [1.82, 2.24) is 4.98 Å². The van der Waals surface area contributed by atoms with E-state index in [2.05, 4.69) is 11.1 Å². The molecule has 0 aliphatic heterocycles. The minimum atomic E-state index is -0.0540. The van der Waals surface area contributed by atoms with Crippen LogP contribution in [0.2, 0.25) is 0 Å². The lowest BCUT2D eigenvalue weighted by molar-refractivity contribution is 0.177. The maximum atomic E-state index is 9.36. The molecule has 2 unspecified atom stereocenters. The number of aromatic nitrogens is 1. The normalized spacial score (nSPS) is 27.8. The zero-order chi connectivity index (χ0) is 9.10. The Labute approximate surface area is 78.6 Å². The van der Waals surface area contributed by atoms with Gasteiger partial charge in [0.25, 0.3) is 0 Å². The lowest BCUT2D eigenvalue weighted by Crippen LogP contribution is -2.03. The molecular weight excluding hydrogens is 162 g/mol. The van der Waals surface area contributed by atoms with Crippen LogP contribution in [0.15, 0.2) is 24.5 Å². The van der Waals surface area contributed by atoms with Gasteiger partial charge in [0, 0.05) is 12.4 Å². The lowest BCUT2D eigenvalue weighted by atomic mass is 9.99. The van der Waals surface area contributed by atoms with Gasteiger partial charge in [0.05, 0.1) is 6.10 Å². The van der Waals surface area contributed by atoms with Crippen molar-refractivity contribution in [3.63, 3.8) is 0 Å². The molecule has 2 heteroatoms. The zero-order valence-electron chi connectivity index (χ0n) is 7.69. The molecule has 2 atom stereocenters. The summed E-state index contributed by atoms with van der Waals surface area (Å²) in [5, 5.41) is 9.36. The van der Waals surface area contributed by atoms with E-state index in [9.17, 15) is 5.11 Å². The fourth-order valence-corrected chi connectivity index (χ4v) is 2.09. The number of aliphatic hydroxyl groups excluding tert-OH is 1. The van der Waals surface area contributed by atoms with Crippen LogP contribution in [-0.2, 0) is 6.42 Å². The number of pyridine rings is 1. The molecule has 0 aromatic carbocycles. The summed E-state index contributed by atoms with van der Waals surface area (Å²) in [5.41, 5.74) is 1.29. The third-order valence-corrected chi connectivity index (χ3v) is 2.76. The summed E-state index contributed by atoms with van der Waals surface area (Å²) in [5.74, 6) is 0.666. The Morgan fingerprint density at radius 3 is 3.00 bits per heavy atom. The van der Waals surface area contributed by atoms with Crippen LogP contribution >= 0.6 is 0 Å². The molecule has 0 radical (unpaired) electrons. The summed E-state index contributed by atoms with van der Waals surface area (Å²) in [6.07, 6.45) is 7.85. The summed E-state index contributed by atoms with van der Waals surface area (Å²) in [7, 11) is 0. The third-order valence-electron chi connectivity index (χ3n) is 2.76. The molecule has 13 heavy (non-hydrogen) atoms. The van der Waals surface area contributed by atoms with Gasteiger partial charge in [-0.15, -0.1) is 0 Å². The second kappa shape index (κ2) is 3.88. The Morgan fingerprint density at radius 1 is 1.46 bits per heavy atom. The molecule has 70 valence electrons. The van der Waals surface area contributed by atoms with Crippen LogP contribution in [0.3, 0.4) is 0 Å². The third kappa shape index (κ3) is 2.28. The molecule has 0 saturated heterocycles. The van der Waals surface area contributed by atoms with Crippen molar-refractivity contribution in [2.24, 2.45) is 5.92 Å². The van der Waals surface area contributed by atoms with Gasteiger partial charge in [-0.2, -0.15) is 0 Å². The van der Waals surface area contributed by atoms with E-state index in [0.717, 1.165) is 25.7 Å². The van der Waals surface area contributed by atoms with Crippen molar-refractivity contribution in [2.45, 2.75) is 31.8 Å². The molecule has 1 saturated carbocycles. The largest absolute Gasteiger partial charge is 0.393 e. The molecule has 1 aliphatic rings. The SMILES string of the molecule is OC1CCC(Cc2cccnc2)C1. The van der Waals surface area contributed by atoms with E-state index >= 15 is 0 Å². The van der Waals surface area contributed by atoms with Gasteiger partial charge in [-0.1, -0.05) is 6.07 Å². The van der Waals surface area contributed by atoms with Crippen LogP contribution < -0.4 is 0 Å². The Hall–Kier alpha value is -0.890. The summed E-state index contributed by atoms with van der Waals surface area (Å²) < 4.78 is 0. The van der Waals surface area contributed by atoms with Crippen molar-refractivity contribution in [2.75, 3.05) is 0 Å². The number of rotatable bonds is 2. The molecule has 1 heterocycles. The molecule has 0 spiro atoms. The van der Waals surface area contributed by atoms with Gasteiger partial charge in [-0.3, -0.25) is 4.98 Å². The zero-order valence-corrected chi connectivity index (χ0v) is 7.69. The quantitative estimate of drug-likeness (QED) is 0.747. The molecule has 0 amide bonds. The Bertz CT molecular complexity index is 260. The Balaban J connectivity index is 1.92. The van der Waals surface area contributed by atoms with Gasteiger partial charge in [0.2, 0.25) is 0 Å². The van der Waals surface area contributed by atoms with E-state index in [1.54, 1.807) is 6.20 Å². The number of hydrogen-bond donors (Lipinski definition) is 1. The van der Waals surface area contributed by atoms with Crippen molar-refractivity contribution in [3.8, 4) is 0 Å². The first kappa shape index (κ1) is 8.70. The summed E-state index contributed by atoms with van der Waals surface area (Å²) in [6.45, 7) is 0. The van der Waals surface area contributed by atoms with Crippen molar-refractivity contribution < 1.29 is 5.11 Å². The van der Waals surface area contributed by atoms with Gasteiger partial charge in [-0.25, -0.2) is 0 Å². The van der Waals surface area contributed by atoms with E-state index in [4.69, 9.17) is 0 Å². The number of hydrogen-bond acceptors (Lipinski definition) is 2.